The Kier molecular flexibility index (Phi) is 7.69. The molecule has 0 radical (unpaired) electrons. The SMILES string of the molecule is CCCC/C(CCI)=C(/I)c1ccccc1. The van der Waals surface area contributed by atoms with Gasteiger partial charge in [-0.1, -0.05) is 71.8 Å². The van der Waals surface area contributed by atoms with E-state index in [1.807, 2.05) is 0 Å². The van der Waals surface area contributed by atoms with Crippen LogP contribution in [0, 0.1) is 0 Å². The Morgan fingerprint density at radius 3 is 2.38 bits per heavy atom. The number of benzene rings is 1. The average Bonchev–Trinajstić information content (AvgIpc) is 2.35. The number of rotatable bonds is 6. The van der Waals surface area contributed by atoms with E-state index < -0.39 is 0 Å². The first-order valence-corrected chi connectivity index (χ1v) is 8.39. The van der Waals surface area contributed by atoms with Gasteiger partial charge in [0.15, 0.2) is 0 Å². The van der Waals surface area contributed by atoms with Gasteiger partial charge in [0.2, 0.25) is 0 Å². The number of allylic oxidation sites excluding steroid dienone is 1. The fourth-order valence-electron chi connectivity index (χ4n) is 1.64. The second kappa shape index (κ2) is 8.50. The molecule has 1 rings (SSSR count). The highest BCUT2D eigenvalue weighted by Gasteiger charge is 2.05. The van der Waals surface area contributed by atoms with Crippen LogP contribution in [0.1, 0.15) is 38.2 Å². The molecule has 0 aliphatic heterocycles. The van der Waals surface area contributed by atoms with Crippen molar-refractivity contribution in [2.45, 2.75) is 32.6 Å². The predicted molar refractivity (Wildman–Crippen MR) is 90.4 cm³/mol. The van der Waals surface area contributed by atoms with E-state index in [2.05, 4.69) is 82.4 Å². The van der Waals surface area contributed by atoms with E-state index in [1.54, 1.807) is 5.57 Å². The number of hydrogen-bond donors (Lipinski definition) is 0. The van der Waals surface area contributed by atoms with E-state index in [-0.39, 0.29) is 0 Å². The lowest BCUT2D eigenvalue weighted by Gasteiger charge is -2.10. The van der Waals surface area contributed by atoms with Gasteiger partial charge >= 0.3 is 0 Å². The molecular formula is C14H18I2. The van der Waals surface area contributed by atoms with Crippen molar-refractivity contribution in [1.29, 1.82) is 0 Å². The zero-order valence-electron chi connectivity index (χ0n) is 9.68. The third-order valence-electron chi connectivity index (χ3n) is 2.57. The fraction of sp³-hybridized carbons (Fsp3) is 0.429. The molecule has 0 atom stereocenters. The lowest BCUT2D eigenvalue weighted by atomic mass is 10.0. The summed E-state index contributed by atoms with van der Waals surface area (Å²) in [6.45, 7) is 2.26. The van der Waals surface area contributed by atoms with E-state index in [4.69, 9.17) is 0 Å². The van der Waals surface area contributed by atoms with Crippen molar-refractivity contribution in [2.24, 2.45) is 0 Å². The molecule has 0 heterocycles. The molecule has 0 saturated heterocycles. The van der Waals surface area contributed by atoms with Gasteiger partial charge in [0.05, 0.1) is 0 Å². The minimum absolute atomic E-state index is 1.22. The van der Waals surface area contributed by atoms with Gasteiger partial charge in [0.1, 0.15) is 0 Å². The van der Waals surface area contributed by atoms with Gasteiger partial charge in [0.25, 0.3) is 0 Å². The van der Waals surface area contributed by atoms with Crippen molar-refractivity contribution in [1.82, 2.24) is 0 Å². The maximum Gasteiger partial charge on any atom is 0.0195 e. The Balaban J connectivity index is 2.87. The van der Waals surface area contributed by atoms with Crippen LogP contribution in [-0.4, -0.2) is 4.43 Å². The standard InChI is InChI=1S/C14H18I2/c1-2-3-7-13(10-11-15)14(16)12-8-5-4-6-9-12/h4-6,8-9H,2-3,7,10-11H2,1H3/b14-13-. The number of halogens is 2. The molecule has 0 unspecified atom stereocenters. The number of alkyl halides is 1. The summed E-state index contributed by atoms with van der Waals surface area (Å²) in [7, 11) is 0. The van der Waals surface area contributed by atoms with Gasteiger partial charge in [-0.25, -0.2) is 0 Å². The first-order chi connectivity index (χ1) is 7.79. The number of hydrogen-bond acceptors (Lipinski definition) is 0. The largest absolute Gasteiger partial charge is 0.0860 e. The van der Waals surface area contributed by atoms with Crippen molar-refractivity contribution in [3.05, 3.63) is 41.5 Å². The van der Waals surface area contributed by atoms with E-state index in [0.29, 0.717) is 0 Å². The molecule has 2 heteroatoms. The molecule has 0 saturated carbocycles. The molecule has 0 bridgehead atoms. The molecule has 0 amide bonds. The molecule has 0 nitrogen and oxygen atoms in total. The smallest absolute Gasteiger partial charge is 0.0195 e. The molecular weight excluding hydrogens is 422 g/mol. The lowest BCUT2D eigenvalue weighted by molar-refractivity contribution is 0.773. The average molecular weight is 440 g/mol. The Morgan fingerprint density at radius 1 is 1.12 bits per heavy atom. The van der Waals surface area contributed by atoms with Gasteiger partial charge < -0.3 is 0 Å². The van der Waals surface area contributed by atoms with Gasteiger partial charge in [-0.05, 0) is 47.4 Å². The van der Waals surface area contributed by atoms with Crippen molar-refractivity contribution in [3.8, 4) is 0 Å². The van der Waals surface area contributed by atoms with Crippen molar-refractivity contribution >= 4 is 48.8 Å². The highest BCUT2D eigenvalue weighted by Crippen LogP contribution is 2.30. The third kappa shape index (κ3) is 4.73. The van der Waals surface area contributed by atoms with Crippen molar-refractivity contribution in [2.75, 3.05) is 4.43 Å². The minimum atomic E-state index is 1.22. The molecule has 88 valence electrons. The van der Waals surface area contributed by atoms with Crippen LogP contribution in [0.25, 0.3) is 3.58 Å². The second-order valence-corrected chi connectivity index (χ2v) is 5.98. The van der Waals surface area contributed by atoms with Crippen molar-refractivity contribution < 1.29 is 0 Å². The summed E-state index contributed by atoms with van der Waals surface area (Å²) in [5.41, 5.74) is 3.00. The first kappa shape index (κ1) is 14.5. The molecule has 0 aliphatic carbocycles. The minimum Gasteiger partial charge on any atom is -0.0860 e. The number of unbranched alkanes of at least 4 members (excludes halogenated alkanes) is 1. The van der Waals surface area contributed by atoms with Crippen LogP contribution >= 0.6 is 45.2 Å². The second-order valence-electron chi connectivity index (χ2n) is 3.83. The van der Waals surface area contributed by atoms with Crippen LogP contribution in [0.5, 0.6) is 0 Å². The summed E-state index contributed by atoms with van der Waals surface area (Å²) in [6.07, 6.45) is 5.08. The van der Waals surface area contributed by atoms with Gasteiger partial charge in [-0.2, -0.15) is 0 Å². The zero-order chi connectivity index (χ0) is 11.8. The molecule has 0 aromatic heterocycles. The fourth-order valence-corrected chi connectivity index (χ4v) is 3.19. The highest BCUT2D eigenvalue weighted by molar-refractivity contribution is 14.1. The van der Waals surface area contributed by atoms with Gasteiger partial charge in [0, 0.05) is 8.01 Å². The molecule has 0 spiro atoms. The summed E-state index contributed by atoms with van der Waals surface area (Å²) >= 11 is 4.98. The maximum absolute atomic E-state index is 2.51. The van der Waals surface area contributed by atoms with Crippen LogP contribution in [0.4, 0.5) is 0 Å². The monoisotopic (exact) mass is 440 g/mol. The van der Waals surface area contributed by atoms with Crippen molar-refractivity contribution in [3.63, 3.8) is 0 Å². The van der Waals surface area contributed by atoms with Crippen LogP contribution in [0.3, 0.4) is 0 Å². The van der Waals surface area contributed by atoms with Crippen LogP contribution in [-0.2, 0) is 0 Å². The van der Waals surface area contributed by atoms with E-state index >= 15 is 0 Å². The molecule has 0 N–H and O–H groups in total. The molecule has 0 fully saturated rings. The Bertz CT molecular complexity index is 328. The lowest BCUT2D eigenvalue weighted by Crippen LogP contribution is -1.90. The summed E-state index contributed by atoms with van der Waals surface area (Å²) in [4.78, 5) is 0. The van der Waals surface area contributed by atoms with Crippen LogP contribution < -0.4 is 0 Å². The topological polar surface area (TPSA) is 0 Å². The van der Waals surface area contributed by atoms with E-state index in [9.17, 15) is 0 Å². The van der Waals surface area contributed by atoms with Gasteiger partial charge in [-0.15, -0.1) is 0 Å². The molecule has 1 aromatic carbocycles. The summed E-state index contributed by atoms with van der Waals surface area (Å²) in [5, 5.41) is 0. The summed E-state index contributed by atoms with van der Waals surface area (Å²) in [5.74, 6) is 0. The first-order valence-electron chi connectivity index (χ1n) is 5.78. The third-order valence-corrected chi connectivity index (χ3v) is 4.49. The normalized spacial score (nSPS) is 12.4. The predicted octanol–water partition coefficient (Wildman–Crippen LogP) is 5.85. The molecule has 16 heavy (non-hydrogen) atoms. The maximum atomic E-state index is 2.51. The van der Waals surface area contributed by atoms with Crippen LogP contribution in [0.15, 0.2) is 35.9 Å². The van der Waals surface area contributed by atoms with Gasteiger partial charge in [-0.3, -0.25) is 0 Å². The molecule has 0 aliphatic rings. The highest BCUT2D eigenvalue weighted by atomic mass is 127. The summed E-state index contributed by atoms with van der Waals surface area (Å²) < 4.78 is 2.68. The summed E-state index contributed by atoms with van der Waals surface area (Å²) in [6, 6.07) is 10.7. The Labute approximate surface area is 126 Å². The van der Waals surface area contributed by atoms with Crippen LogP contribution in [0.2, 0.25) is 0 Å². The quantitative estimate of drug-likeness (QED) is 0.385. The molecule has 1 aromatic rings. The Morgan fingerprint density at radius 2 is 1.81 bits per heavy atom. The Hall–Kier alpha value is 0.420. The van der Waals surface area contributed by atoms with E-state index in [1.165, 1.54) is 39.3 Å². The van der Waals surface area contributed by atoms with E-state index in [0.717, 1.165) is 0 Å². The zero-order valence-corrected chi connectivity index (χ0v) is 14.0.